The Morgan fingerprint density at radius 3 is 2.40 bits per heavy atom. The van der Waals surface area contributed by atoms with Gasteiger partial charge in [0.2, 0.25) is 5.88 Å². The Bertz CT molecular complexity index is 353. The van der Waals surface area contributed by atoms with Crippen LogP contribution in [0, 0.1) is 0 Å². The number of hydrogen-bond acceptors (Lipinski definition) is 3. The smallest absolute Gasteiger partial charge is 0.337 e. The van der Waals surface area contributed by atoms with Crippen LogP contribution in [0.15, 0.2) is 23.5 Å². The molecule has 0 fully saturated rings. The fourth-order valence-electron chi connectivity index (χ4n) is 0.740. The van der Waals surface area contributed by atoms with Gasteiger partial charge >= 0.3 is 6.18 Å². The molecule has 0 atom stereocenters. The van der Waals surface area contributed by atoms with E-state index in [4.69, 9.17) is 4.84 Å². The summed E-state index contributed by atoms with van der Waals surface area (Å²) in [7, 11) is 0. The van der Waals surface area contributed by atoms with Gasteiger partial charge in [0.15, 0.2) is 0 Å². The lowest BCUT2D eigenvalue weighted by molar-refractivity contribution is -0.137. The molecule has 0 unspecified atom stereocenters. The second-order valence-electron chi connectivity index (χ2n) is 3.01. The Labute approximate surface area is 84.6 Å². The number of rotatable bonds is 2. The van der Waals surface area contributed by atoms with E-state index in [2.05, 4.69) is 10.1 Å². The monoisotopic (exact) mass is 218 g/mol. The van der Waals surface area contributed by atoms with Gasteiger partial charge in [-0.1, -0.05) is 5.16 Å². The summed E-state index contributed by atoms with van der Waals surface area (Å²) in [5.74, 6) is 0.0317. The standard InChI is InChI=1S/C9H9F3N2O/c1-6(2)14-15-8-4-3-7(5-13-8)9(10,11)12/h3-5H,1-2H3. The maximum atomic E-state index is 12.1. The summed E-state index contributed by atoms with van der Waals surface area (Å²) in [5.41, 5.74) is -0.163. The van der Waals surface area contributed by atoms with Crippen LogP contribution in [0.4, 0.5) is 13.2 Å². The highest BCUT2D eigenvalue weighted by molar-refractivity contribution is 5.78. The van der Waals surface area contributed by atoms with Crippen molar-refractivity contribution in [2.75, 3.05) is 0 Å². The van der Waals surface area contributed by atoms with E-state index in [1.807, 2.05) is 0 Å². The Kier molecular flexibility index (Phi) is 3.28. The van der Waals surface area contributed by atoms with Crippen molar-refractivity contribution in [1.82, 2.24) is 4.98 Å². The minimum atomic E-state index is -4.38. The second-order valence-corrected chi connectivity index (χ2v) is 3.01. The number of nitrogens with zero attached hydrogens (tertiary/aromatic N) is 2. The third kappa shape index (κ3) is 3.57. The molecule has 0 amide bonds. The average Bonchev–Trinajstić information content (AvgIpc) is 2.14. The molecular formula is C9H9F3N2O. The van der Waals surface area contributed by atoms with Gasteiger partial charge in [-0.15, -0.1) is 0 Å². The molecule has 0 spiro atoms. The number of hydrogen-bond donors (Lipinski definition) is 0. The van der Waals surface area contributed by atoms with Crippen LogP contribution in [-0.4, -0.2) is 10.7 Å². The van der Waals surface area contributed by atoms with Crippen LogP contribution in [0.2, 0.25) is 0 Å². The minimum absolute atomic E-state index is 0.0317. The van der Waals surface area contributed by atoms with E-state index in [1.165, 1.54) is 0 Å². The minimum Gasteiger partial charge on any atom is -0.337 e. The summed E-state index contributed by atoms with van der Waals surface area (Å²) < 4.78 is 36.4. The van der Waals surface area contributed by atoms with Crippen molar-refractivity contribution >= 4 is 5.71 Å². The molecule has 0 saturated carbocycles. The number of halogens is 3. The predicted octanol–water partition coefficient (Wildman–Crippen LogP) is 2.88. The van der Waals surface area contributed by atoms with Gasteiger partial charge in [-0.25, -0.2) is 4.98 Å². The van der Waals surface area contributed by atoms with Crippen molar-refractivity contribution < 1.29 is 18.0 Å². The molecular weight excluding hydrogens is 209 g/mol. The van der Waals surface area contributed by atoms with Gasteiger partial charge in [-0.3, -0.25) is 0 Å². The van der Waals surface area contributed by atoms with Crippen LogP contribution in [0.25, 0.3) is 0 Å². The van der Waals surface area contributed by atoms with Crippen molar-refractivity contribution in [3.63, 3.8) is 0 Å². The average molecular weight is 218 g/mol. The van der Waals surface area contributed by atoms with E-state index in [1.54, 1.807) is 13.8 Å². The van der Waals surface area contributed by atoms with Gasteiger partial charge in [0.25, 0.3) is 0 Å². The van der Waals surface area contributed by atoms with E-state index in [9.17, 15) is 13.2 Å². The van der Waals surface area contributed by atoms with Gasteiger partial charge in [0.05, 0.1) is 11.3 Å². The predicted molar refractivity (Wildman–Crippen MR) is 48.7 cm³/mol. The van der Waals surface area contributed by atoms with Crippen molar-refractivity contribution in [3.05, 3.63) is 23.9 Å². The molecule has 0 aliphatic rings. The molecule has 0 saturated heterocycles. The van der Waals surface area contributed by atoms with Crippen molar-refractivity contribution in [3.8, 4) is 5.88 Å². The molecule has 0 radical (unpaired) electrons. The molecule has 0 aliphatic carbocycles. The molecule has 0 aliphatic heterocycles. The lowest BCUT2D eigenvalue weighted by Gasteiger charge is -2.05. The van der Waals surface area contributed by atoms with Crippen LogP contribution < -0.4 is 4.84 Å². The molecule has 1 aromatic rings. The molecule has 15 heavy (non-hydrogen) atoms. The summed E-state index contributed by atoms with van der Waals surface area (Å²) in [6.07, 6.45) is -3.68. The Balaban J connectivity index is 2.77. The normalized spacial score (nSPS) is 11.0. The quantitative estimate of drug-likeness (QED) is 0.565. The first-order valence-electron chi connectivity index (χ1n) is 4.11. The lowest BCUT2D eigenvalue weighted by Crippen LogP contribution is -2.05. The van der Waals surface area contributed by atoms with Gasteiger partial charge in [-0.2, -0.15) is 13.2 Å². The largest absolute Gasteiger partial charge is 0.417 e. The molecule has 1 aromatic heterocycles. The fourth-order valence-corrected chi connectivity index (χ4v) is 0.740. The van der Waals surface area contributed by atoms with Gasteiger partial charge in [0.1, 0.15) is 0 Å². The van der Waals surface area contributed by atoms with Crippen molar-refractivity contribution in [2.24, 2.45) is 5.16 Å². The maximum absolute atomic E-state index is 12.1. The topological polar surface area (TPSA) is 34.5 Å². The summed E-state index contributed by atoms with van der Waals surface area (Å²) in [6.45, 7) is 3.40. The Morgan fingerprint density at radius 1 is 1.33 bits per heavy atom. The molecule has 6 heteroatoms. The zero-order chi connectivity index (χ0) is 11.5. The van der Waals surface area contributed by atoms with Crippen molar-refractivity contribution in [1.29, 1.82) is 0 Å². The summed E-state index contributed by atoms with van der Waals surface area (Å²) in [6, 6.07) is 2.01. The zero-order valence-electron chi connectivity index (χ0n) is 8.17. The second kappa shape index (κ2) is 4.29. The first kappa shape index (κ1) is 11.5. The van der Waals surface area contributed by atoms with Gasteiger partial charge in [0, 0.05) is 12.3 Å². The van der Waals surface area contributed by atoms with Crippen LogP contribution in [-0.2, 0) is 6.18 Å². The highest BCUT2D eigenvalue weighted by Gasteiger charge is 2.30. The molecule has 1 heterocycles. The fraction of sp³-hybridized carbons (Fsp3) is 0.333. The van der Waals surface area contributed by atoms with E-state index < -0.39 is 11.7 Å². The van der Waals surface area contributed by atoms with Crippen LogP contribution in [0.5, 0.6) is 5.88 Å². The van der Waals surface area contributed by atoms with Crippen LogP contribution >= 0.6 is 0 Å². The molecule has 0 aromatic carbocycles. The number of oxime groups is 1. The Morgan fingerprint density at radius 2 is 2.00 bits per heavy atom. The lowest BCUT2D eigenvalue weighted by atomic mass is 10.3. The summed E-state index contributed by atoms with van der Waals surface area (Å²) in [4.78, 5) is 8.21. The number of alkyl halides is 3. The van der Waals surface area contributed by atoms with Gasteiger partial charge in [-0.05, 0) is 19.9 Å². The van der Waals surface area contributed by atoms with Crippen LogP contribution in [0.3, 0.4) is 0 Å². The van der Waals surface area contributed by atoms with Crippen LogP contribution in [0.1, 0.15) is 19.4 Å². The Hall–Kier alpha value is -1.59. The summed E-state index contributed by atoms with van der Waals surface area (Å²) in [5, 5.41) is 3.56. The first-order valence-corrected chi connectivity index (χ1v) is 4.11. The third-order valence-electron chi connectivity index (χ3n) is 1.39. The highest BCUT2D eigenvalue weighted by atomic mass is 19.4. The third-order valence-corrected chi connectivity index (χ3v) is 1.39. The molecule has 82 valence electrons. The van der Waals surface area contributed by atoms with E-state index in [0.717, 1.165) is 12.1 Å². The van der Waals surface area contributed by atoms with E-state index in [-0.39, 0.29) is 5.88 Å². The molecule has 1 rings (SSSR count). The van der Waals surface area contributed by atoms with Crippen molar-refractivity contribution in [2.45, 2.75) is 20.0 Å². The first-order chi connectivity index (χ1) is 6.89. The number of pyridine rings is 1. The van der Waals surface area contributed by atoms with E-state index >= 15 is 0 Å². The van der Waals surface area contributed by atoms with E-state index in [0.29, 0.717) is 11.9 Å². The maximum Gasteiger partial charge on any atom is 0.417 e. The molecule has 0 N–H and O–H groups in total. The molecule has 0 bridgehead atoms. The molecule has 3 nitrogen and oxygen atoms in total. The van der Waals surface area contributed by atoms with Gasteiger partial charge < -0.3 is 4.84 Å². The summed E-state index contributed by atoms with van der Waals surface area (Å²) >= 11 is 0. The number of aromatic nitrogens is 1. The highest BCUT2D eigenvalue weighted by Crippen LogP contribution is 2.29. The zero-order valence-corrected chi connectivity index (χ0v) is 8.17. The SMILES string of the molecule is CC(C)=NOc1ccc(C(F)(F)F)cn1.